The molecule has 0 aromatic carbocycles. The Morgan fingerprint density at radius 2 is 2.20 bits per heavy atom. The lowest BCUT2D eigenvalue weighted by Crippen LogP contribution is -2.21. The predicted octanol–water partition coefficient (Wildman–Crippen LogP) is 2.73. The van der Waals surface area contributed by atoms with E-state index in [-0.39, 0.29) is 12.0 Å². The summed E-state index contributed by atoms with van der Waals surface area (Å²) in [5.74, 6) is 0.766. The summed E-state index contributed by atoms with van der Waals surface area (Å²) in [6.45, 7) is 7.78. The minimum Gasteiger partial charge on any atom is -0.374 e. The maximum absolute atomic E-state index is 11.3. The zero-order chi connectivity index (χ0) is 11.6. The standard InChI is InChI=1S/C11H23O3P/c1-5-10-8(2)6-11(14-10)9(3)7-15(4,12)13/h8-11H,5-7H2,1-4H3,(H,12,13). The highest BCUT2D eigenvalue weighted by molar-refractivity contribution is 7.57. The van der Waals surface area contributed by atoms with E-state index in [1.807, 2.05) is 6.92 Å². The van der Waals surface area contributed by atoms with Gasteiger partial charge in [-0.3, -0.25) is 4.57 Å². The highest BCUT2D eigenvalue weighted by atomic mass is 31.2. The van der Waals surface area contributed by atoms with Crippen LogP contribution in [0, 0.1) is 11.8 Å². The van der Waals surface area contributed by atoms with Gasteiger partial charge in [-0.15, -0.1) is 0 Å². The van der Waals surface area contributed by atoms with E-state index < -0.39 is 7.37 Å². The first kappa shape index (κ1) is 13.2. The van der Waals surface area contributed by atoms with Crippen LogP contribution in [0.4, 0.5) is 0 Å². The second-order valence-corrected chi connectivity index (χ2v) is 7.51. The molecule has 15 heavy (non-hydrogen) atoms. The molecule has 1 N–H and O–H groups in total. The Morgan fingerprint density at radius 1 is 1.60 bits per heavy atom. The monoisotopic (exact) mass is 234 g/mol. The van der Waals surface area contributed by atoms with Gasteiger partial charge in [-0.1, -0.05) is 20.8 Å². The minimum atomic E-state index is -2.90. The largest absolute Gasteiger partial charge is 0.374 e. The molecule has 1 heterocycles. The molecule has 0 amide bonds. The zero-order valence-electron chi connectivity index (χ0n) is 10.1. The minimum absolute atomic E-state index is 0.172. The van der Waals surface area contributed by atoms with Crippen molar-refractivity contribution < 1.29 is 14.2 Å². The van der Waals surface area contributed by atoms with Gasteiger partial charge in [-0.2, -0.15) is 0 Å². The van der Waals surface area contributed by atoms with Crippen molar-refractivity contribution in [3.8, 4) is 0 Å². The Balaban J connectivity index is 2.49. The maximum atomic E-state index is 11.3. The molecule has 1 aliphatic heterocycles. The topological polar surface area (TPSA) is 46.5 Å². The molecule has 1 aliphatic rings. The van der Waals surface area contributed by atoms with Crippen molar-refractivity contribution in [1.29, 1.82) is 0 Å². The van der Waals surface area contributed by atoms with Crippen molar-refractivity contribution in [1.82, 2.24) is 0 Å². The summed E-state index contributed by atoms with van der Waals surface area (Å²) in [5, 5.41) is 0. The number of ether oxygens (including phenoxy) is 1. The Labute approximate surface area is 92.7 Å². The molecule has 5 atom stereocenters. The van der Waals surface area contributed by atoms with Crippen LogP contribution in [-0.2, 0) is 9.30 Å². The molecule has 4 heteroatoms. The van der Waals surface area contributed by atoms with Gasteiger partial charge in [0.25, 0.3) is 0 Å². The number of rotatable bonds is 4. The van der Waals surface area contributed by atoms with Crippen LogP contribution in [0.25, 0.3) is 0 Å². The van der Waals surface area contributed by atoms with Gasteiger partial charge in [0.1, 0.15) is 0 Å². The smallest absolute Gasteiger partial charge is 0.198 e. The van der Waals surface area contributed by atoms with Crippen LogP contribution in [0.15, 0.2) is 0 Å². The molecule has 5 unspecified atom stereocenters. The van der Waals surface area contributed by atoms with Gasteiger partial charge in [0.2, 0.25) is 0 Å². The molecule has 0 radical (unpaired) electrons. The van der Waals surface area contributed by atoms with Gasteiger partial charge < -0.3 is 9.63 Å². The Bertz CT molecular complexity index is 248. The molecule has 0 bridgehead atoms. The van der Waals surface area contributed by atoms with Gasteiger partial charge >= 0.3 is 0 Å². The fraction of sp³-hybridized carbons (Fsp3) is 1.00. The van der Waals surface area contributed by atoms with E-state index in [1.54, 1.807) is 0 Å². The lowest BCUT2D eigenvalue weighted by Gasteiger charge is -2.20. The van der Waals surface area contributed by atoms with Gasteiger partial charge in [0.15, 0.2) is 7.37 Å². The van der Waals surface area contributed by atoms with Crippen LogP contribution in [0.5, 0.6) is 0 Å². The van der Waals surface area contributed by atoms with E-state index in [0.717, 1.165) is 12.8 Å². The van der Waals surface area contributed by atoms with E-state index in [0.29, 0.717) is 18.2 Å². The molecule has 1 fully saturated rings. The third-order valence-electron chi connectivity index (χ3n) is 3.25. The number of hydrogen-bond donors (Lipinski definition) is 1. The van der Waals surface area contributed by atoms with E-state index in [9.17, 15) is 9.46 Å². The van der Waals surface area contributed by atoms with Gasteiger partial charge in [0.05, 0.1) is 12.2 Å². The van der Waals surface area contributed by atoms with Crippen molar-refractivity contribution in [3.63, 3.8) is 0 Å². The van der Waals surface area contributed by atoms with Crippen LogP contribution < -0.4 is 0 Å². The Hall–Kier alpha value is 0.150. The van der Waals surface area contributed by atoms with Gasteiger partial charge in [-0.25, -0.2) is 0 Å². The first-order valence-electron chi connectivity index (χ1n) is 5.78. The molecule has 1 rings (SSSR count). The average Bonchev–Trinajstić information content (AvgIpc) is 2.43. The molecule has 0 aromatic heterocycles. The maximum Gasteiger partial charge on any atom is 0.198 e. The summed E-state index contributed by atoms with van der Waals surface area (Å²) in [7, 11) is -2.90. The molecular formula is C11H23O3P. The first-order chi connectivity index (χ1) is 6.83. The highest BCUT2D eigenvalue weighted by Crippen LogP contribution is 2.41. The molecule has 0 spiro atoms. The summed E-state index contributed by atoms with van der Waals surface area (Å²) in [4.78, 5) is 9.34. The molecule has 3 nitrogen and oxygen atoms in total. The number of hydrogen-bond acceptors (Lipinski definition) is 2. The summed E-state index contributed by atoms with van der Waals surface area (Å²) < 4.78 is 17.2. The van der Waals surface area contributed by atoms with Crippen LogP contribution in [0.3, 0.4) is 0 Å². The van der Waals surface area contributed by atoms with E-state index >= 15 is 0 Å². The third kappa shape index (κ3) is 3.90. The molecule has 90 valence electrons. The molecule has 0 aromatic rings. The summed E-state index contributed by atoms with van der Waals surface area (Å²) >= 11 is 0. The van der Waals surface area contributed by atoms with Crippen LogP contribution in [0.2, 0.25) is 0 Å². The lowest BCUT2D eigenvalue weighted by atomic mass is 9.96. The summed E-state index contributed by atoms with van der Waals surface area (Å²) in [6, 6.07) is 0. The Morgan fingerprint density at radius 3 is 2.60 bits per heavy atom. The third-order valence-corrected chi connectivity index (χ3v) is 4.51. The van der Waals surface area contributed by atoms with Crippen LogP contribution in [-0.4, -0.2) is 29.9 Å². The van der Waals surface area contributed by atoms with E-state index in [1.165, 1.54) is 6.66 Å². The van der Waals surface area contributed by atoms with Crippen molar-refractivity contribution in [2.75, 3.05) is 12.8 Å². The molecule has 0 aliphatic carbocycles. The quantitative estimate of drug-likeness (QED) is 0.761. The van der Waals surface area contributed by atoms with Gasteiger partial charge in [-0.05, 0) is 24.7 Å². The van der Waals surface area contributed by atoms with Crippen molar-refractivity contribution in [2.45, 2.75) is 45.8 Å². The Kier molecular flexibility index (Phi) is 4.39. The zero-order valence-corrected chi connectivity index (χ0v) is 11.0. The average molecular weight is 234 g/mol. The summed E-state index contributed by atoms with van der Waals surface area (Å²) in [5.41, 5.74) is 0. The second kappa shape index (κ2) is 4.99. The SMILES string of the molecule is CCC1OC(C(C)CP(C)(=O)O)CC1C. The first-order valence-corrected chi connectivity index (χ1v) is 8.07. The van der Waals surface area contributed by atoms with Crippen molar-refractivity contribution >= 4 is 7.37 Å². The lowest BCUT2D eigenvalue weighted by molar-refractivity contribution is 0.0117. The highest BCUT2D eigenvalue weighted by Gasteiger charge is 2.35. The fourth-order valence-electron chi connectivity index (χ4n) is 2.45. The van der Waals surface area contributed by atoms with Crippen LogP contribution >= 0.6 is 7.37 Å². The van der Waals surface area contributed by atoms with E-state index in [4.69, 9.17) is 4.74 Å². The van der Waals surface area contributed by atoms with Crippen molar-refractivity contribution in [2.24, 2.45) is 11.8 Å². The fourth-order valence-corrected chi connectivity index (χ4v) is 3.75. The van der Waals surface area contributed by atoms with Crippen molar-refractivity contribution in [3.05, 3.63) is 0 Å². The molecule has 1 saturated heterocycles. The normalized spacial score (nSPS) is 37.5. The summed E-state index contributed by atoms with van der Waals surface area (Å²) in [6.07, 6.45) is 2.95. The molecule has 0 saturated carbocycles. The molecular weight excluding hydrogens is 211 g/mol. The second-order valence-electron chi connectivity index (χ2n) is 5.05. The van der Waals surface area contributed by atoms with Crippen LogP contribution in [0.1, 0.15) is 33.6 Å². The van der Waals surface area contributed by atoms with Gasteiger partial charge in [0, 0.05) is 12.8 Å². The predicted molar refractivity (Wildman–Crippen MR) is 62.5 cm³/mol. The van der Waals surface area contributed by atoms with E-state index in [2.05, 4.69) is 13.8 Å².